The number of anilines is 1. The number of piperidine rings is 1. The van der Waals surface area contributed by atoms with Crippen LogP contribution in [0, 0.1) is 5.92 Å². The van der Waals surface area contributed by atoms with Crippen molar-refractivity contribution in [3.8, 4) is 5.75 Å². The maximum atomic E-state index is 13.6. The number of ether oxygens (including phenoxy) is 1. The lowest BCUT2D eigenvalue weighted by atomic mass is 9.95. The van der Waals surface area contributed by atoms with Crippen molar-refractivity contribution in [2.24, 2.45) is 5.92 Å². The van der Waals surface area contributed by atoms with Gasteiger partial charge in [0.25, 0.3) is 5.91 Å². The van der Waals surface area contributed by atoms with Gasteiger partial charge >= 0.3 is 6.09 Å². The van der Waals surface area contributed by atoms with Crippen LogP contribution in [-0.2, 0) is 16.1 Å². The highest BCUT2D eigenvalue weighted by molar-refractivity contribution is 5.85. The molecule has 0 radical (unpaired) electrons. The molecule has 0 bridgehead atoms. The average Bonchev–Trinajstić information content (AvgIpc) is 2.99. The lowest BCUT2D eigenvalue weighted by Gasteiger charge is -2.38. The summed E-state index contributed by atoms with van der Waals surface area (Å²) in [6.45, 7) is 13.9. The Morgan fingerprint density at radius 2 is 1.67 bits per heavy atom. The van der Waals surface area contributed by atoms with E-state index in [4.69, 9.17) is 4.74 Å². The summed E-state index contributed by atoms with van der Waals surface area (Å²) < 4.78 is 6.22. The zero-order valence-electron chi connectivity index (χ0n) is 25.7. The van der Waals surface area contributed by atoms with E-state index in [0.29, 0.717) is 57.5 Å². The molecule has 2 saturated heterocycles. The van der Waals surface area contributed by atoms with E-state index in [1.54, 1.807) is 18.7 Å². The number of carbonyl (C=O) groups excluding carboxylic acids is 2. The van der Waals surface area contributed by atoms with Gasteiger partial charge < -0.3 is 29.4 Å². The summed E-state index contributed by atoms with van der Waals surface area (Å²) in [6, 6.07) is 16.3. The molecule has 228 valence electrons. The summed E-state index contributed by atoms with van der Waals surface area (Å²) >= 11 is 0. The summed E-state index contributed by atoms with van der Waals surface area (Å²) in [5.74, 6) is 1.01. The molecule has 4 rings (SSSR count). The Bertz CT molecular complexity index is 1240. The lowest BCUT2D eigenvalue weighted by Crippen LogP contribution is -2.56. The Morgan fingerprint density at radius 3 is 2.29 bits per heavy atom. The van der Waals surface area contributed by atoms with Gasteiger partial charge in [0.05, 0.1) is 5.92 Å². The van der Waals surface area contributed by atoms with Crippen molar-refractivity contribution in [3.05, 3.63) is 59.7 Å². The number of rotatable bonds is 9. The molecule has 0 saturated carbocycles. The van der Waals surface area contributed by atoms with Gasteiger partial charge in [0.1, 0.15) is 5.75 Å². The van der Waals surface area contributed by atoms with Crippen molar-refractivity contribution >= 4 is 23.6 Å². The smallest absolute Gasteiger partial charge is 0.407 e. The van der Waals surface area contributed by atoms with E-state index in [2.05, 4.69) is 43.0 Å². The standard InChI is InChI=1S/C33H46N4O5/c1-6-34(22-25-12-14-26(15-13-25)24(2)3)30(38)27-9-8-16-37(23-27)28-10-7-11-29(21-28)42-33(4,5)31(39)35-17-19-36(20-18-35)32(40)41/h7,10-15,21,24,27H,6,8-9,16-20,22-23H2,1-5H3,(H,40,41)/t27-/m1/s1. The molecule has 2 aromatic carbocycles. The quantitative estimate of drug-likeness (QED) is 0.448. The van der Waals surface area contributed by atoms with Crippen molar-refractivity contribution in [3.63, 3.8) is 0 Å². The fraction of sp³-hybridized carbons (Fsp3) is 0.545. The molecule has 2 aromatic rings. The van der Waals surface area contributed by atoms with Gasteiger partial charge in [-0.1, -0.05) is 44.2 Å². The van der Waals surface area contributed by atoms with Crippen LogP contribution in [-0.4, -0.2) is 89.1 Å². The second-order valence-electron chi connectivity index (χ2n) is 12.2. The van der Waals surface area contributed by atoms with Crippen molar-refractivity contribution in [2.45, 2.75) is 65.5 Å². The summed E-state index contributed by atoms with van der Waals surface area (Å²) in [6.07, 6.45) is 0.828. The van der Waals surface area contributed by atoms with Crippen molar-refractivity contribution in [1.29, 1.82) is 0 Å². The van der Waals surface area contributed by atoms with Crippen LogP contribution in [0.15, 0.2) is 48.5 Å². The summed E-state index contributed by atoms with van der Waals surface area (Å²) in [7, 11) is 0. The van der Waals surface area contributed by atoms with Gasteiger partial charge in [0, 0.05) is 64.1 Å². The summed E-state index contributed by atoms with van der Waals surface area (Å²) in [5.41, 5.74) is 2.30. The van der Waals surface area contributed by atoms with Crippen molar-refractivity contribution in [1.82, 2.24) is 14.7 Å². The molecule has 1 N–H and O–H groups in total. The molecule has 2 fully saturated rings. The van der Waals surface area contributed by atoms with Gasteiger partial charge in [-0.15, -0.1) is 0 Å². The maximum absolute atomic E-state index is 13.6. The monoisotopic (exact) mass is 578 g/mol. The first-order valence-electron chi connectivity index (χ1n) is 15.2. The third kappa shape index (κ3) is 7.55. The highest BCUT2D eigenvalue weighted by atomic mass is 16.5. The normalized spacial score (nSPS) is 17.8. The number of amides is 3. The van der Waals surface area contributed by atoms with E-state index < -0.39 is 11.7 Å². The number of carbonyl (C=O) groups is 3. The Hall–Kier alpha value is -3.75. The highest BCUT2D eigenvalue weighted by Crippen LogP contribution is 2.30. The molecule has 2 aliphatic rings. The number of piperazine rings is 1. The van der Waals surface area contributed by atoms with Gasteiger partial charge in [0.2, 0.25) is 5.91 Å². The van der Waals surface area contributed by atoms with Gasteiger partial charge in [-0.25, -0.2) is 4.79 Å². The number of hydrogen-bond acceptors (Lipinski definition) is 5. The lowest BCUT2D eigenvalue weighted by molar-refractivity contribution is -0.147. The third-order valence-electron chi connectivity index (χ3n) is 8.39. The van der Waals surface area contributed by atoms with Gasteiger partial charge in [-0.2, -0.15) is 0 Å². The molecule has 3 amide bonds. The zero-order valence-corrected chi connectivity index (χ0v) is 25.7. The van der Waals surface area contributed by atoms with Crippen LogP contribution in [0.3, 0.4) is 0 Å². The SMILES string of the molecule is CCN(Cc1ccc(C(C)C)cc1)C(=O)[C@@H]1CCCN(c2cccc(OC(C)(C)C(=O)N3CCN(C(=O)O)CC3)c2)C1. The first kappa shape index (κ1) is 31.2. The summed E-state index contributed by atoms with van der Waals surface area (Å²) in [4.78, 5) is 45.3. The van der Waals surface area contributed by atoms with Crippen LogP contribution in [0.25, 0.3) is 0 Å². The molecule has 9 nitrogen and oxygen atoms in total. The van der Waals surface area contributed by atoms with E-state index in [-0.39, 0.29) is 17.7 Å². The van der Waals surface area contributed by atoms with Crippen molar-refractivity contribution < 1.29 is 24.2 Å². The molecule has 42 heavy (non-hydrogen) atoms. The third-order valence-corrected chi connectivity index (χ3v) is 8.39. The Kier molecular flexibility index (Phi) is 10.0. The molecular weight excluding hydrogens is 532 g/mol. The van der Waals surface area contributed by atoms with Gasteiger partial charge in [0.15, 0.2) is 5.60 Å². The van der Waals surface area contributed by atoms with Gasteiger partial charge in [-0.05, 0) is 62.8 Å². The average molecular weight is 579 g/mol. The predicted molar refractivity (Wildman–Crippen MR) is 164 cm³/mol. The van der Waals surface area contributed by atoms with E-state index in [0.717, 1.165) is 30.6 Å². The minimum atomic E-state index is -1.11. The van der Waals surface area contributed by atoms with Crippen LogP contribution in [0.5, 0.6) is 5.75 Å². The molecule has 0 unspecified atom stereocenters. The van der Waals surface area contributed by atoms with E-state index >= 15 is 0 Å². The molecule has 2 aliphatic heterocycles. The summed E-state index contributed by atoms with van der Waals surface area (Å²) in [5, 5.41) is 9.19. The minimum absolute atomic E-state index is 0.0827. The first-order valence-corrected chi connectivity index (χ1v) is 15.2. The Labute approximate surface area is 250 Å². The van der Waals surface area contributed by atoms with Crippen LogP contribution >= 0.6 is 0 Å². The highest BCUT2D eigenvalue weighted by Gasteiger charge is 2.36. The second kappa shape index (κ2) is 13.5. The Morgan fingerprint density at radius 1 is 1.00 bits per heavy atom. The van der Waals surface area contributed by atoms with Crippen LogP contribution in [0.4, 0.5) is 10.5 Å². The molecule has 2 heterocycles. The Balaban J connectivity index is 1.38. The number of carboxylic acid groups (broad SMARTS) is 1. The molecular formula is C33H46N4O5. The fourth-order valence-electron chi connectivity index (χ4n) is 5.81. The minimum Gasteiger partial charge on any atom is -0.478 e. The predicted octanol–water partition coefficient (Wildman–Crippen LogP) is 5.05. The van der Waals surface area contributed by atoms with E-state index in [1.165, 1.54) is 10.5 Å². The van der Waals surface area contributed by atoms with Crippen molar-refractivity contribution in [2.75, 3.05) is 50.7 Å². The molecule has 0 spiro atoms. The maximum Gasteiger partial charge on any atom is 0.407 e. The van der Waals surface area contributed by atoms with Crippen LogP contribution in [0.2, 0.25) is 0 Å². The molecule has 9 heteroatoms. The van der Waals surface area contributed by atoms with E-state index in [9.17, 15) is 19.5 Å². The molecule has 0 aromatic heterocycles. The van der Waals surface area contributed by atoms with E-state index in [1.807, 2.05) is 36.1 Å². The first-order chi connectivity index (χ1) is 20.0. The largest absolute Gasteiger partial charge is 0.478 e. The topological polar surface area (TPSA) is 93.6 Å². The second-order valence-corrected chi connectivity index (χ2v) is 12.2. The number of nitrogens with zero attached hydrogens (tertiary/aromatic N) is 4. The molecule has 0 aliphatic carbocycles. The zero-order chi connectivity index (χ0) is 30.4. The van der Waals surface area contributed by atoms with Crippen LogP contribution < -0.4 is 9.64 Å². The fourth-order valence-corrected chi connectivity index (χ4v) is 5.81. The number of benzene rings is 2. The number of hydrogen-bond donors (Lipinski definition) is 1. The van der Waals surface area contributed by atoms with Crippen LogP contribution in [0.1, 0.15) is 64.5 Å². The molecule has 1 atom stereocenters. The van der Waals surface area contributed by atoms with Gasteiger partial charge in [-0.3, -0.25) is 9.59 Å².